The summed E-state index contributed by atoms with van der Waals surface area (Å²) in [6.07, 6.45) is 0.403. The predicted octanol–water partition coefficient (Wildman–Crippen LogP) is 5.16. The largest absolute Gasteiger partial charge is 0.411 e. The van der Waals surface area contributed by atoms with Crippen molar-refractivity contribution in [2.24, 2.45) is 5.73 Å². The first-order valence-electron chi connectivity index (χ1n) is 12.1. The Morgan fingerprint density at radius 2 is 1.61 bits per heavy atom. The molecule has 0 aliphatic rings. The number of nitrogens with zero attached hydrogens (tertiary/aromatic N) is 4. The Balaban J connectivity index is 1.52. The normalized spacial score (nSPS) is 11.4. The number of nitrogens with one attached hydrogen (secondary N) is 2. The zero-order valence-corrected chi connectivity index (χ0v) is 22.0. The molecule has 3 amide bonds. The molecule has 0 saturated heterocycles. The minimum absolute atomic E-state index is 0.0795. The monoisotopic (exact) mass is 516 g/mol. The molecule has 4 rings (SSSR count). The van der Waals surface area contributed by atoms with E-state index in [1.807, 2.05) is 18.2 Å². The maximum absolute atomic E-state index is 12.9. The number of nitrogens with two attached hydrogens (primary N) is 2. The Morgan fingerprint density at radius 3 is 2.18 bits per heavy atom. The molecule has 2 aromatic heterocycles. The molecule has 2 heterocycles. The van der Waals surface area contributed by atoms with E-state index in [1.165, 1.54) is 16.5 Å². The third kappa shape index (κ3) is 5.77. The van der Waals surface area contributed by atoms with Crippen LogP contribution in [0.4, 0.5) is 26.9 Å². The van der Waals surface area contributed by atoms with Gasteiger partial charge in [-0.3, -0.25) is 9.88 Å². The number of anilines is 3. The van der Waals surface area contributed by atoms with Gasteiger partial charge in [0, 0.05) is 22.9 Å². The number of primary amides is 1. The van der Waals surface area contributed by atoms with Crippen molar-refractivity contribution < 1.29 is 14.3 Å². The van der Waals surface area contributed by atoms with Crippen LogP contribution in [0.1, 0.15) is 51.8 Å². The Hall–Kier alpha value is -4.80. The molecule has 6 N–H and O–H groups in total. The van der Waals surface area contributed by atoms with E-state index >= 15 is 0 Å². The van der Waals surface area contributed by atoms with Gasteiger partial charge in [0.25, 0.3) is 5.88 Å². The van der Waals surface area contributed by atoms with Gasteiger partial charge in [0.1, 0.15) is 12.1 Å². The summed E-state index contributed by atoms with van der Waals surface area (Å²) in [7, 11) is 0. The van der Waals surface area contributed by atoms with Crippen molar-refractivity contribution >= 4 is 29.4 Å². The van der Waals surface area contributed by atoms with Crippen LogP contribution >= 0.6 is 0 Å². The zero-order chi connectivity index (χ0) is 27.6. The van der Waals surface area contributed by atoms with Crippen molar-refractivity contribution in [1.29, 1.82) is 0 Å². The highest BCUT2D eigenvalue weighted by Crippen LogP contribution is 2.28. The van der Waals surface area contributed by atoms with Crippen molar-refractivity contribution in [2.75, 3.05) is 16.4 Å². The summed E-state index contributed by atoms with van der Waals surface area (Å²) in [6.45, 7) is 10.5. The fourth-order valence-electron chi connectivity index (χ4n) is 3.74. The molecule has 0 aliphatic heterocycles. The average Bonchev–Trinajstić information content (AvgIpc) is 3.43. The molecule has 0 radical (unpaired) electrons. The zero-order valence-electron chi connectivity index (χ0n) is 22.0. The fourth-order valence-corrected chi connectivity index (χ4v) is 3.74. The van der Waals surface area contributed by atoms with Crippen molar-refractivity contribution in [1.82, 2.24) is 19.3 Å². The van der Waals surface area contributed by atoms with Gasteiger partial charge in [-0.15, -0.1) is 0 Å². The standard InChI is InChI=1S/C27H32N8O3/c1-16(2)17-6-10-20(11-7-17)35-22(14-21(33-35)27(3,4)5)32-26(37)31-18-8-12-19(13-9-18)34-15-30-24(23(34)28)38-25(29)36/h6-16H,28H2,1-5H3,(H2,29,36)(H2,31,32,37). The first-order chi connectivity index (χ1) is 17.9. The number of urea groups is 1. The highest BCUT2D eigenvalue weighted by molar-refractivity contribution is 5.99. The van der Waals surface area contributed by atoms with Gasteiger partial charge in [0.05, 0.1) is 11.4 Å². The molecule has 4 aromatic rings. The van der Waals surface area contributed by atoms with Crippen LogP contribution < -0.4 is 26.8 Å². The molecule has 2 aromatic carbocycles. The van der Waals surface area contributed by atoms with Crippen LogP contribution in [-0.2, 0) is 5.41 Å². The smallest absolute Gasteiger partial charge is 0.387 e. The second-order valence-corrected chi connectivity index (χ2v) is 10.2. The molecule has 0 aliphatic carbocycles. The van der Waals surface area contributed by atoms with Crippen molar-refractivity contribution in [3.05, 3.63) is 72.2 Å². The second kappa shape index (κ2) is 10.3. The summed E-state index contributed by atoms with van der Waals surface area (Å²) in [6, 6.07) is 16.5. The first-order valence-corrected chi connectivity index (χ1v) is 12.1. The van der Waals surface area contributed by atoms with E-state index in [4.69, 9.17) is 21.3 Å². The van der Waals surface area contributed by atoms with E-state index < -0.39 is 12.1 Å². The van der Waals surface area contributed by atoms with Crippen molar-refractivity contribution in [3.8, 4) is 17.3 Å². The minimum Gasteiger partial charge on any atom is -0.387 e. The molecular weight excluding hydrogens is 484 g/mol. The number of hydrogen-bond donors (Lipinski definition) is 4. The molecule has 0 unspecified atom stereocenters. The van der Waals surface area contributed by atoms with E-state index in [-0.39, 0.29) is 17.1 Å². The Bertz CT molecular complexity index is 1450. The number of hydrogen-bond acceptors (Lipinski definition) is 6. The van der Waals surface area contributed by atoms with Crippen molar-refractivity contribution in [2.45, 2.75) is 46.0 Å². The van der Waals surface area contributed by atoms with Gasteiger partial charge in [-0.2, -0.15) is 10.1 Å². The maximum Gasteiger partial charge on any atom is 0.411 e. The highest BCUT2D eigenvalue weighted by Gasteiger charge is 2.22. The van der Waals surface area contributed by atoms with Crippen LogP contribution in [0.3, 0.4) is 0 Å². The van der Waals surface area contributed by atoms with Gasteiger partial charge in [0.2, 0.25) is 0 Å². The Morgan fingerprint density at radius 1 is 0.974 bits per heavy atom. The summed E-state index contributed by atoms with van der Waals surface area (Å²) in [4.78, 5) is 27.8. The summed E-state index contributed by atoms with van der Waals surface area (Å²) < 4.78 is 8.03. The van der Waals surface area contributed by atoms with Crippen molar-refractivity contribution in [3.63, 3.8) is 0 Å². The molecule has 11 nitrogen and oxygen atoms in total. The van der Waals surface area contributed by atoms with Gasteiger partial charge in [0.15, 0.2) is 5.82 Å². The van der Waals surface area contributed by atoms with Crippen LogP contribution in [0.15, 0.2) is 60.9 Å². The number of ether oxygens (including phenoxy) is 1. The SMILES string of the molecule is CC(C)c1ccc(-n2nc(C(C)(C)C)cc2NC(=O)Nc2ccc(-n3cnc(OC(N)=O)c3N)cc2)cc1. The van der Waals surface area contributed by atoms with Crippen LogP contribution in [0, 0.1) is 0 Å². The van der Waals surface area contributed by atoms with Crippen LogP contribution in [-0.4, -0.2) is 31.5 Å². The third-order valence-corrected chi connectivity index (χ3v) is 5.89. The molecule has 0 bridgehead atoms. The molecular formula is C27H32N8O3. The second-order valence-electron chi connectivity index (χ2n) is 10.2. The minimum atomic E-state index is -1.00. The number of rotatable bonds is 6. The lowest BCUT2D eigenvalue weighted by molar-refractivity contribution is 0.209. The number of benzene rings is 2. The van der Waals surface area contributed by atoms with Gasteiger partial charge in [-0.05, 0) is 47.9 Å². The third-order valence-electron chi connectivity index (χ3n) is 5.89. The average molecular weight is 517 g/mol. The quantitative estimate of drug-likeness (QED) is 0.277. The molecule has 11 heteroatoms. The maximum atomic E-state index is 12.9. The lowest BCUT2D eigenvalue weighted by Crippen LogP contribution is -2.21. The lowest BCUT2D eigenvalue weighted by Gasteiger charge is -2.14. The molecule has 0 fully saturated rings. The first kappa shape index (κ1) is 26.3. The van der Waals surface area contributed by atoms with Crippen LogP contribution in [0.2, 0.25) is 0 Å². The van der Waals surface area contributed by atoms with Crippen LogP contribution in [0.5, 0.6) is 5.88 Å². The lowest BCUT2D eigenvalue weighted by atomic mass is 9.92. The number of carbonyl (C=O) groups excluding carboxylic acids is 2. The molecule has 0 atom stereocenters. The number of carbonyl (C=O) groups is 2. The van der Waals surface area contributed by atoms with Gasteiger partial charge in [-0.1, -0.05) is 46.8 Å². The van der Waals surface area contributed by atoms with E-state index in [2.05, 4.69) is 62.4 Å². The molecule has 0 saturated carbocycles. The molecule has 38 heavy (non-hydrogen) atoms. The Labute approximate surface area is 220 Å². The van der Waals surface area contributed by atoms with E-state index in [9.17, 15) is 9.59 Å². The van der Waals surface area contributed by atoms with Gasteiger partial charge >= 0.3 is 12.1 Å². The predicted molar refractivity (Wildman–Crippen MR) is 147 cm³/mol. The molecule has 198 valence electrons. The number of aromatic nitrogens is 4. The van der Waals surface area contributed by atoms with E-state index in [1.54, 1.807) is 28.9 Å². The summed E-state index contributed by atoms with van der Waals surface area (Å²) in [5.41, 5.74) is 14.9. The summed E-state index contributed by atoms with van der Waals surface area (Å²) in [5, 5.41) is 10.5. The Kier molecular flexibility index (Phi) is 7.11. The molecule has 0 spiro atoms. The van der Waals surface area contributed by atoms with Gasteiger partial charge in [-0.25, -0.2) is 14.3 Å². The highest BCUT2D eigenvalue weighted by atomic mass is 16.6. The topological polar surface area (TPSA) is 155 Å². The van der Waals surface area contributed by atoms with E-state index in [0.717, 1.165) is 11.4 Å². The van der Waals surface area contributed by atoms with Gasteiger partial charge < -0.3 is 21.5 Å². The summed E-state index contributed by atoms with van der Waals surface area (Å²) in [5.74, 6) is 1.00. The number of imidazole rings is 1. The summed E-state index contributed by atoms with van der Waals surface area (Å²) >= 11 is 0. The fraction of sp³-hybridized carbons (Fsp3) is 0.259. The number of amides is 3. The number of nitrogen functional groups attached to an aromatic ring is 1. The van der Waals surface area contributed by atoms with Crippen LogP contribution in [0.25, 0.3) is 11.4 Å². The van der Waals surface area contributed by atoms with E-state index in [0.29, 0.717) is 23.1 Å².